The summed E-state index contributed by atoms with van der Waals surface area (Å²) < 4.78 is 12.8. The number of nitrogens with zero attached hydrogens (tertiary/aromatic N) is 1. The molecule has 1 aromatic carbocycles. The van der Waals surface area contributed by atoms with E-state index in [1.807, 2.05) is 0 Å². The van der Waals surface area contributed by atoms with Gasteiger partial charge < -0.3 is 10.6 Å². The Morgan fingerprint density at radius 2 is 1.95 bits per heavy atom. The fourth-order valence-corrected chi connectivity index (χ4v) is 1.62. The number of anilines is 2. The maximum atomic E-state index is 12.8. The largest absolute Gasteiger partial charge is 0.366 e. The SMILES string of the molecule is CCC(=O)Nc1ccc(NCc2ccc(F)cc2)nc1. The van der Waals surface area contributed by atoms with Gasteiger partial charge in [-0.15, -0.1) is 0 Å². The molecule has 0 unspecified atom stereocenters. The molecule has 0 fully saturated rings. The van der Waals surface area contributed by atoms with Crippen molar-refractivity contribution in [2.75, 3.05) is 10.6 Å². The van der Waals surface area contributed by atoms with Gasteiger partial charge in [-0.3, -0.25) is 4.79 Å². The second-order valence-corrected chi connectivity index (χ2v) is 4.31. The Morgan fingerprint density at radius 1 is 1.20 bits per heavy atom. The molecule has 1 aromatic heterocycles. The number of nitrogens with one attached hydrogen (secondary N) is 2. The number of rotatable bonds is 5. The third kappa shape index (κ3) is 4.05. The summed E-state index contributed by atoms with van der Waals surface area (Å²) in [6.07, 6.45) is 2.03. The van der Waals surface area contributed by atoms with E-state index in [2.05, 4.69) is 15.6 Å². The lowest BCUT2D eigenvalue weighted by molar-refractivity contribution is -0.115. The van der Waals surface area contributed by atoms with Crippen LogP contribution in [-0.4, -0.2) is 10.9 Å². The Labute approximate surface area is 117 Å². The van der Waals surface area contributed by atoms with Crippen LogP contribution in [0.2, 0.25) is 0 Å². The minimum atomic E-state index is -0.247. The van der Waals surface area contributed by atoms with Gasteiger partial charge in [0, 0.05) is 13.0 Å². The van der Waals surface area contributed by atoms with E-state index in [1.54, 1.807) is 37.4 Å². The molecule has 1 amide bonds. The molecule has 0 bridgehead atoms. The normalized spacial score (nSPS) is 10.1. The molecule has 0 aliphatic rings. The molecule has 0 atom stereocenters. The van der Waals surface area contributed by atoms with Crippen molar-refractivity contribution < 1.29 is 9.18 Å². The lowest BCUT2D eigenvalue weighted by Gasteiger charge is -2.07. The third-order valence-electron chi connectivity index (χ3n) is 2.76. The highest BCUT2D eigenvalue weighted by atomic mass is 19.1. The summed E-state index contributed by atoms with van der Waals surface area (Å²) in [4.78, 5) is 15.4. The minimum Gasteiger partial charge on any atom is -0.366 e. The molecule has 1 heterocycles. The van der Waals surface area contributed by atoms with Crippen molar-refractivity contribution in [3.8, 4) is 0 Å². The summed E-state index contributed by atoms with van der Waals surface area (Å²) >= 11 is 0. The molecule has 20 heavy (non-hydrogen) atoms. The van der Waals surface area contributed by atoms with Crippen LogP contribution in [0.25, 0.3) is 0 Å². The molecule has 0 aliphatic carbocycles. The fourth-order valence-electron chi connectivity index (χ4n) is 1.62. The monoisotopic (exact) mass is 273 g/mol. The molecular formula is C15H16FN3O. The highest BCUT2D eigenvalue weighted by Crippen LogP contribution is 2.11. The van der Waals surface area contributed by atoms with E-state index in [9.17, 15) is 9.18 Å². The van der Waals surface area contributed by atoms with E-state index in [1.165, 1.54) is 12.1 Å². The molecule has 5 heteroatoms. The van der Waals surface area contributed by atoms with Gasteiger partial charge in [0.1, 0.15) is 11.6 Å². The van der Waals surface area contributed by atoms with Crippen LogP contribution in [0.15, 0.2) is 42.6 Å². The summed E-state index contributed by atoms with van der Waals surface area (Å²) in [5.74, 6) is 0.408. The van der Waals surface area contributed by atoms with Gasteiger partial charge in [0.15, 0.2) is 0 Å². The van der Waals surface area contributed by atoms with Crippen molar-refractivity contribution in [1.82, 2.24) is 4.98 Å². The molecule has 104 valence electrons. The predicted molar refractivity (Wildman–Crippen MR) is 76.9 cm³/mol. The topological polar surface area (TPSA) is 54.0 Å². The first kappa shape index (κ1) is 14.0. The smallest absolute Gasteiger partial charge is 0.224 e. The van der Waals surface area contributed by atoms with Gasteiger partial charge in [-0.2, -0.15) is 0 Å². The van der Waals surface area contributed by atoms with Crippen LogP contribution in [0, 0.1) is 5.82 Å². The van der Waals surface area contributed by atoms with E-state index >= 15 is 0 Å². The molecule has 0 aliphatic heterocycles. The molecule has 0 saturated heterocycles. The molecule has 0 saturated carbocycles. The summed E-state index contributed by atoms with van der Waals surface area (Å²) in [6, 6.07) is 9.86. The number of pyridine rings is 1. The van der Waals surface area contributed by atoms with Crippen molar-refractivity contribution in [2.24, 2.45) is 0 Å². The van der Waals surface area contributed by atoms with Gasteiger partial charge in [0.2, 0.25) is 5.91 Å². The Morgan fingerprint density at radius 3 is 2.55 bits per heavy atom. The van der Waals surface area contributed by atoms with Crippen LogP contribution >= 0.6 is 0 Å². The first-order valence-corrected chi connectivity index (χ1v) is 6.41. The van der Waals surface area contributed by atoms with Crippen LogP contribution in [0.1, 0.15) is 18.9 Å². The van der Waals surface area contributed by atoms with Crippen molar-refractivity contribution in [1.29, 1.82) is 0 Å². The van der Waals surface area contributed by atoms with Crippen LogP contribution in [0.3, 0.4) is 0 Å². The first-order chi connectivity index (χ1) is 9.67. The lowest BCUT2D eigenvalue weighted by Crippen LogP contribution is -2.10. The highest BCUT2D eigenvalue weighted by molar-refractivity contribution is 5.90. The van der Waals surface area contributed by atoms with Crippen molar-refractivity contribution >= 4 is 17.4 Å². The van der Waals surface area contributed by atoms with Crippen molar-refractivity contribution in [2.45, 2.75) is 19.9 Å². The van der Waals surface area contributed by atoms with Crippen LogP contribution in [-0.2, 0) is 11.3 Å². The van der Waals surface area contributed by atoms with Crippen LogP contribution < -0.4 is 10.6 Å². The molecule has 4 nitrogen and oxygen atoms in total. The van der Waals surface area contributed by atoms with Crippen LogP contribution in [0.4, 0.5) is 15.9 Å². The Bertz CT molecular complexity index is 567. The quantitative estimate of drug-likeness (QED) is 0.879. The van der Waals surface area contributed by atoms with Crippen molar-refractivity contribution in [3.63, 3.8) is 0 Å². The second-order valence-electron chi connectivity index (χ2n) is 4.31. The predicted octanol–water partition coefficient (Wildman–Crippen LogP) is 3.18. The standard InChI is InChI=1S/C15H16FN3O/c1-2-15(20)19-13-7-8-14(18-10-13)17-9-11-3-5-12(16)6-4-11/h3-8,10H,2,9H2,1H3,(H,17,18)(H,19,20). The number of benzene rings is 1. The fraction of sp³-hybridized carbons (Fsp3) is 0.200. The Kier molecular flexibility index (Phi) is 4.65. The number of amides is 1. The second kappa shape index (κ2) is 6.65. The maximum Gasteiger partial charge on any atom is 0.224 e. The zero-order valence-corrected chi connectivity index (χ0v) is 11.2. The number of aromatic nitrogens is 1. The number of carbonyl (C=O) groups excluding carboxylic acids is 1. The molecule has 2 N–H and O–H groups in total. The Hall–Kier alpha value is -2.43. The Balaban J connectivity index is 1.90. The van der Waals surface area contributed by atoms with Crippen LogP contribution in [0.5, 0.6) is 0 Å². The summed E-state index contributed by atoms with van der Waals surface area (Å²) in [5.41, 5.74) is 1.64. The van der Waals surface area contributed by atoms with Gasteiger partial charge in [-0.25, -0.2) is 9.37 Å². The summed E-state index contributed by atoms with van der Waals surface area (Å²) in [5, 5.41) is 5.86. The van der Waals surface area contributed by atoms with E-state index in [0.29, 0.717) is 24.5 Å². The number of carbonyl (C=O) groups is 1. The third-order valence-corrected chi connectivity index (χ3v) is 2.76. The average Bonchev–Trinajstić information content (AvgIpc) is 2.48. The van der Waals surface area contributed by atoms with E-state index in [-0.39, 0.29) is 11.7 Å². The van der Waals surface area contributed by atoms with Gasteiger partial charge in [-0.05, 0) is 29.8 Å². The highest BCUT2D eigenvalue weighted by Gasteiger charge is 2.00. The number of hydrogen-bond acceptors (Lipinski definition) is 3. The average molecular weight is 273 g/mol. The number of hydrogen-bond donors (Lipinski definition) is 2. The van der Waals surface area contributed by atoms with Gasteiger partial charge in [-0.1, -0.05) is 19.1 Å². The number of halogens is 1. The molecule has 0 radical (unpaired) electrons. The minimum absolute atomic E-state index is 0.0428. The van der Waals surface area contributed by atoms with E-state index in [4.69, 9.17) is 0 Å². The zero-order chi connectivity index (χ0) is 14.4. The van der Waals surface area contributed by atoms with Gasteiger partial charge in [0.25, 0.3) is 0 Å². The summed E-state index contributed by atoms with van der Waals surface area (Å²) in [6.45, 7) is 2.36. The van der Waals surface area contributed by atoms with E-state index < -0.39 is 0 Å². The van der Waals surface area contributed by atoms with Gasteiger partial charge >= 0.3 is 0 Å². The maximum absolute atomic E-state index is 12.8. The lowest BCUT2D eigenvalue weighted by atomic mass is 10.2. The molecular weight excluding hydrogens is 257 g/mol. The molecule has 0 spiro atoms. The van der Waals surface area contributed by atoms with Gasteiger partial charge in [0.05, 0.1) is 11.9 Å². The van der Waals surface area contributed by atoms with Crippen molar-refractivity contribution in [3.05, 3.63) is 54.0 Å². The zero-order valence-electron chi connectivity index (χ0n) is 11.2. The van der Waals surface area contributed by atoms with E-state index in [0.717, 1.165) is 5.56 Å². The first-order valence-electron chi connectivity index (χ1n) is 6.41. The molecule has 2 rings (SSSR count). The molecule has 2 aromatic rings. The summed E-state index contributed by atoms with van der Waals surface area (Å²) in [7, 11) is 0.